The van der Waals surface area contributed by atoms with Crippen LogP contribution in [0.4, 0.5) is 5.69 Å². The minimum Gasteiger partial charge on any atom is -0.399 e. The first-order valence-corrected chi connectivity index (χ1v) is 7.41. The summed E-state index contributed by atoms with van der Waals surface area (Å²) in [7, 11) is -3.61. The fourth-order valence-corrected chi connectivity index (χ4v) is 2.14. The zero-order valence-electron chi connectivity index (χ0n) is 9.11. The van der Waals surface area contributed by atoms with Crippen LogP contribution in [-0.4, -0.2) is 14.2 Å². The van der Waals surface area contributed by atoms with Crippen molar-refractivity contribution in [1.29, 1.82) is 0 Å². The molecule has 0 bridgehead atoms. The van der Waals surface area contributed by atoms with E-state index >= 15 is 0 Å². The van der Waals surface area contributed by atoms with Crippen LogP contribution < -0.4 is 10.9 Å². The van der Waals surface area contributed by atoms with Gasteiger partial charge in [0.25, 0.3) is 0 Å². The molecule has 0 spiro atoms. The molecule has 1 aliphatic rings. The van der Waals surface area contributed by atoms with Crippen molar-refractivity contribution in [3.05, 3.63) is 47.9 Å². The van der Waals surface area contributed by atoms with Crippen molar-refractivity contribution < 1.29 is 8.42 Å². The average Bonchev–Trinajstić information content (AvgIpc) is 2.31. The number of hydrogen-bond acceptors (Lipinski definition) is 4. The van der Waals surface area contributed by atoms with Gasteiger partial charge in [0.2, 0.25) is 10.0 Å². The molecular formula is C11H14N2O2S2. The van der Waals surface area contributed by atoms with E-state index in [0.29, 0.717) is 5.69 Å². The Labute approximate surface area is 105 Å². The van der Waals surface area contributed by atoms with E-state index in [1.165, 1.54) is 18.2 Å². The van der Waals surface area contributed by atoms with Gasteiger partial charge in [-0.05, 0) is 23.6 Å². The fraction of sp³-hybridized carbons (Fsp3) is 0.0909. The third-order valence-corrected chi connectivity index (χ3v) is 3.45. The van der Waals surface area contributed by atoms with E-state index in [4.69, 9.17) is 10.9 Å². The highest BCUT2D eigenvalue weighted by atomic mass is 32.2. The molecule has 1 aromatic carbocycles. The van der Waals surface area contributed by atoms with Crippen molar-refractivity contribution in [3.8, 4) is 0 Å². The van der Waals surface area contributed by atoms with E-state index in [1.807, 2.05) is 17.8 Å². The highest BCUT2D eigenvalue weighted by molar-refractivity contribution is 8.02. The van der Waals surface area contributed by atoms with Crippen molar-refractivity contribution in [1.82, 2.24) is 0 Å². The van der Waals surface area contributed by atoms with E-state index in [1.54, 1.807) is 6.07 Å². The Morgan fingerprint density at radius 3 is 2.29 bits per heavy atom. The second-order valence-corrected chi connectivity index (χ2v) is 5.71. The zero-order valence-corrected chi connectivity index (χ0v) is 10.7. The molecule has 4 N–H and O–H groups in total. The number of nitrogen functional groups attached to an aromatic ring is 1. The number of anilines is 1. The molecule has 1 aromatic rings. The third-order valence-electron chi connectivity index (χ3n) is 1.80. The van der Waals surface area contributed by atoms with Crippen molar-refractivity contribution in [3.63, 3.8) is 0 Å². The predicted molar refractivity (Wildman–Crippen MR) is 73.0 cm³/mol. The second kappa shape index (κ2) is 6.48. The largest absolute Gasteiger partial charge is 0.399 e. The monoisotopic (exact) mass is 270 g/mol. The first-order valence-electron chi connectivity index (χ1n) is 4.82. The first kappa shape index (κ1) is 13.8. The summed E-state index contributed by atoms with van der Waals surface area (Å²) in [6.07, 6.45) is 6.26. The lowest BCUT2D eigenvalue weighted by atomic mass is 10.3. The van der Waals surface area contributed by atoms with Gasteiger partial charge in [-0.15, -0.1) is 11.8 Å². The summed E-state index contributed by atoms with van der Waals surface area (Å²) in [5.41, 5.74) is 5.72. The standard InChI is InChI=1S/C6H8N2O2S.C5H6S/c7-5-2-1-3-6(4-5)11(8,9)10;1-2-4-6-5-3-1/h1-4H,7H2,(H2,8,9,10);1-4H,5H2. The highest BCUT2D eigenvalue weighted by Crippen LogP contribution is 2.10. The molecule has 92 valence electrons. The van der Waals surface area contributed by atoms with Crippen molar-refractivity contribution >= 4 is 27.5 Å². The smallest absolute Gasteiger partial charge is 0.238 e. The molecule has 0 unspecified atom stereocenters. The molecule has 4 nitrogen and oxygen atoms in total. The van der Waals surface area contributed by atoms with Crippen LogP contribution in [0.15, 0.2) is 52.8 Å². The maximum atomic E-state index is 10.7. The van der Waals surface area contributed by atoms with Gasteiger partial charge < -0.3 is 5.73 Å². The molecule has 0 aliphatic carbocycles. The topological polar surface area (TPSA) is 86.2 Å². The van der Waals surface area contributed by atoms with Gasteiger partial charge in [-0.25, -0.2) is 13.6 Å². The number of nitrogens with two attached hydrogens (primary N) is 2. The van der Waals surface area contributed by atoms with Gasteiger partial charge in [0.15, 0.2) is 0 Å². The molecule has 0 aromatic heterocycles. The van der Waals surface area contributed by atoms with Crippen LogP contribution in [0.3, 0.4) is 0 Å². The minimum atomic E-state index is -3.61. The number of hydrogen-bond donors (Lipinski definition) is 2. The van der Waals surface area contributed by atoms with Crippen LogP contribution >= 0.6 is 11.8 Å². The molecule has 1 aliphatic heterocycles. The molecule has 2 rings (SSSR count). The lowest BCUT2D eigenvalue weighted by Crippen LogP contribution is -2.12. The second-order valence-electron chi connectivity index (χ2n) is 3.21. The van der Waals surface area contributed by atoms with Crippen LogP contribution in [0.25, 0.3) is 0 Å². The van der Waals surface area contributed by atoms with Gasteiger partial charge in [-0.1, -0.05) is 24.3 Å². The number of primary sulfonamides is 1. The van der Waals surface area contributed by atoms with Crippen LogP contribution in [0.1, 0.15) is 0 Å². The number of benzene rings is 1. The SMILES string of the molecule is C1=CCSC=C1.Nc1cccc(S(N)(=O)=O)c1. The van der Waals surface area contributed by atoms with E-state index < -0.39 is 10.0 Å². The Bertz CT molecular complexity index is 510. The van der Waals surface area contributed by atoms with Crippen molar-refractivity contribution in [2.24, 2.45) is 5.14 Å². The predicted octanol–water partition coefficient (Wildman–Crippen LogP) is 1.72. The van der Waals surface area contributed by atoms with Gasteiger partial charge in [-0.2, -0.15) is 0 Å². The lowest BCUT2D eigenvalue weighted by Gasteiger charge is -1.97. The summed E-state index contributed by atoms with van der Waals surface area (Å²) in [6.45, 7) is 0. The number of thioether (sulfide) groups is 1. The first-order chi connectivity index (χ1) is 8.00. The molecule has 0 saturated heterocycles. The van der Waals surface area contributed by atoms with E-state index in [-0.39, 0.29) is 4.90 Å². The number of rotatable bonds is 1. The third kappa shape index (κ3) is 5.58. The Balaban J connectivity index is 0.000000202. The van der Waals surface area contributed by atoms with Gasteiger partial charge in [0, 0.05) is 11.4 Å². The van der Waals surface area contributed by atoms with Gasteiger partial charge in [0.05, 0.1) is 4.90 Å². The molecule has 0 radical (unpaired) electrons. The van der Waals surface area contributed by atoms with Crippen LogP contribution in [-0.2, 0) is 10.0 Å². The minimum absolute atomic E-state index is 0.0394. The van der Waals surface area contributed by atoms with Crippen molar-refractivity contribution in [2.75, 3.05) is 11.5 Å². The summed E-state index contributed by atoms with van der Waals surface area (Å²) in [4.78, 5) is 0.0394. The van der Waals surface area contributed by atoms with E-state index in [2.05, 4.69) is 17.6 Å². The van der Waals surface area contributed by atoms with Gasteiger partial charge in [0.1, 0.15) is 0 Å². The average molecular weight is 270 g/mol. The van der Waals surface area contributed by atoms with E-state index in [0.717, 1.165) is 5.75 Å². The maximum absolute atomic E-state index is 10.7. The molecule has 0 atom stereocenters. The Morgan fingerprint density at radius 1 is 1.24 bits per heavy atom. The molecule has 0 fully saturated rings. The Morgan fingerprint density at radius 2 is 2.00 bits per heavy atom. The molecule has 0 saturated carbocycles. The zero-order chi connectivity index (χ0) is 12.7. The van der Waals surface area contributed by atoms with Gasteiger partial charge in [-0.3, -0.25) is 0 Å². The molecular weight excluding hydrogens is 256 g/mol. The molecule has 17 heavy (non-hydrogen) atoms. The Kier molecular flexibility index (Phi) is 5.27. The van der Waals surface area contributed by atoms with Crippen LogP contribution in [0.2, 0.25) is 0 Å². The highest BCUT2D eigenvalue weighted by Gasteiger charge is 2.05. The normalized spacial score (nSPS) is 13.9. The fourth-order valence-electron chi connectivity index (χ4n) is 1.04. The number of sulfonamides is 1. The summed E-state index contributed by atoms with van der Waals surface area (Å²) >= 11 is 1.83. The van der Waals surface area contributed by atoms with Crippen LogP contribution in [0.5, 0.6) is 0 Å². The number of allylic oxidation sites excluding steroid dienone is 2. The summed E-state index contributed by atoms with van der Waals surface area (Å²) < 4.78 is 21.4. The summed E-state index contributed by atoms with van der Waals surface area (Å²) in [6, 6.07) is 5.84. The maximum Gasteiger partial charge on any atom is 0.238 e. The summed E-state index contributed by atoms with van der Waals surface area (Å²) in [5, 5.41) is 6.94. The Hall–Kier alpha value is -1.24. The summed E-state index contributed by atoms with van der Waals surface area (Å²) in [5.74, 6) is 1.15. The molecule has 6 heteroatoms. The van der Waals surface area contributed by atoms with Crippen molar-refractivity contribution in [2.45, 2.75) is 4.90 Å². The van der Waals surface area contributed by atoms with Gasteiger partial charge >= 0.3 is 0 Å². The van der Waals surface area contributed by atoms with E-state index in [9.17, 15) is 8.42 Å². The lowest BCUT2D eigenvalue weighted by molar-refractivity contribution is 0.598. The molecule has 0 amide bonds. The quantitative estimate of drug-likeness (QED) is 0.761. The van der Waals surface area contributed by atoms with Crippen LogP contribution in [0, 0.1) is 0 Å². The molecule has 1 heterocycles.